The summed E-state index contributed by atoms with van der Waals surface area (Å²) in [7, 11) is 6.07. The molecule has 134 valence electrons. The number of likely N-dealkylation sites (N-methyl/N-ethyl adjacent to an activating group) is 1. The Kier molecular flexibility index (Phi) is 7.35. The first-order chi connectivity index (χ1) is 12.1. The number of hydrogen-bond donors (Lipinski definition) is 1. The van der Waals surface area contributed by atoms with Crippen LogP contribution in [0.4, 0.5) is 5.69 Å². The van der Waals surface area contributed by atoms with Crippen LogP contribution in [0.3, 0.4) is 0 Å². The van der Waals surface area contributed by atoms with Gasteiger partial charge in [-0.3, -0.25) is 9.78 Å². The summed E-state index contributed by atoms with van der Waals surface area (Å²) in [6, 6.07) is 7.76. The predicted molar refractivity (Wildman–Crippen MR) is 101 cm³/mol. The summed E-state index contributed by atoms with van der Waals surface area (Å²) in [6.07, 6.45) is 7.23. The van der Waals surface area contributed by atoms with Gasteiger partial charge in [-0.2, -0.15) is 0 Å². The molecule has 0 radical (unpaired) electrons. The SMILES string of the molecule is CN(C)CCCNC(=O)c1ccc(N(C)CCc2ccncc2)cn1. The van der Waals surface area contributed by atoms with Crippen LogP contribution in [0.1, 0.15) is 22.5 Å². The highest BCUT2D eigenvalue weighted by Gasteiger charge is 2.08. The Morgan fingerprint density at radius 1 is 1.08 bits per heavy atom. The highest BCUT2D eigenvalue weighted by Crippen LogP contribution is 2.12. The van der Waals surface area contributed by atoms with E-state index in [2.05, 4.69) is 25.1 Å². The normalized spacial score (nSPS) is 10.7. The van der Waals surface area contributed by atoms with E-state index in [1.807, 2.05) is 51.7 Å². The molecule has 0 saturated heterocycles. The lowest BCUT2D eigenvalue weighted by Gasteiger charge is -2.19. The van der Waals surface area contributed by atoms with E-state index in [0.29, 0.717) is 12.2 Å². The predicted octanol–water partition coefficient (Wildman–Crippen LogP) is 1.84. The van der Waals surface area contributed by atoms with E-state index in [1.54, 1.807) is 12.3 Å². The molecule has 6 nitrogen and oxygen atoms in total. The van der Waals surface area contributed by atoms with Crippen molar-refractivity contribution in [2.75, 3.05) is 45.7 Å². The maximum Gasteiger partial charge on any atom is 0.269 e. The van der Waals surface area contributed by atoms with Gasteiger partial charge in [-0.05, 0) is 63.3 Å². The molecule has 0 spiro atoms. The Labute approximate surface area is 149 Å². The highest BCUT2D eigenvalue weighted by atomic mass is 16.1. The maximum absolute atomic E-state index is 12.1. The smallest absolute Gasteiger partial charge is 0.269 e. The monoisotopic (exact) mass is 341 g/mol. The zero-order valence-corrected chi connectivity index (χ0v) is 15.3. The molecular weight excluding hydrogens is 314 g/mol. The zero-order valence-electron chi connectivity index (χ0n) is 15.3. The van der Waals surface area contributed by atoms with Crippen LogP contribution < -0.4 is 10.2 Å². The summed E-state index contributed by atoms with van der Waals surface area (Å²) < 4.78 is 0. The number of nitrogens with zero attached hydrogens (tertiary/aromatic N) is 4. The van der Waals surface area contributed by atoms with Crippen LogP contribution >= 0.6 is 0 Å². The molecule has 0 aliphatic rings. The summed E-state index contributed by atoms with van der Waals surface area (Å²) in [6.45, 7) is 2.49. The van der Waals surface area contributed by atoms with Crippen molar-refractivity contribution in [2.45, 2.75) is 12.8 Å². The average molecular weight is 341 g/mol. The van der Waals surface area contributed by atoms with Gasteiger partial charge in [0.25, 0.3) is 5.91 Å². The first-order valence-corrected chi connectivity index (χ1v) is 8.55. The molecule has 0 aromatic carbocycles. The molecule has 2 aromatic heterocycles. The van der Waals surface area contributed by atoms with Crippen LogP contribution in [0, 0.1) is 0 Å². The van der Waals surface area contributed by atoms with Gasteiger partial charge in [0, 0.05) is 32.5 Å². The van der Waals surface area contributed by atoms with Crippen molar-refractivity contribution in [3.63, 3.8) is 0 Å². The number of aromatic nitrogens is 2. The van der Waals surface area contributed by atoms with Gasteiger partial charge in [-0.25, -0.2) is 4.98 Å². The molecule has 0 atom stereocenters. The summed E-state index contributed by atoms with van der Waals surface area (Å²) in [5.74, 6) is -0.121. The van der Waals surface area contributed by atoms with Gasteiger partial charge >= 0.3 is 0 Å². The molecule has 2 heterocycles. The van der Waals surface area contributed by atoms with Crippen molar-refractivity contribution in [3.05, 3.63) is 54.1 Å². The third kappa shape index (κ3) is 6.51. The van der Waals surface area contributed by atoms with E-state index in [9.17, 15) is 4.79 Å². The van der Waals surface area contributed by atoms with Gasteiger partial charge in [0.15, 0.2) is 0 Å². The molecule has 2 aromatic rings. The van der Waals surface area contributed by atoms with Crippen LogP contribution in [0.2, 0.25) is 0 Å². The van der Waals surface area contributed by atoms with Gasteiger partial charge in [0.2, 0.25) is 0 Å². The van der Waals surface area contributed by atoms with Crippen LogP contribution in [0.25, 0.3) is 0 Å². The fourth-order valence-electron chi connectivity index (χ4n) is 2.41. The minimum absolute atomic E-state index is 0.121. The Balaban J connectivity index is 1.81. The standard InChI is InChI=1S/C19H27N5O/c1-23(2)13-4-10-21-19(25)18-6-5-17(15-22-18)24(3)14-9-16-7-11-20-12-8-16/h5-8,11-12,15H,4,9-10,13-14H2,1-3H3,(H,21,25). The fourth-order valence-corrected chi connectivity index (χ4v) is 2.41. The lowest BCUT2D eigenvalue weighted by Crippen LogP contribution is -2.28. The average Bonchev–Trinajstić information content (AvgIpc) is 2.64. The number of amides is 1. The molecule has 0 saturated carbocycles. The topological polar surface area (TPSA) is 61.4 Å². The number of carbonyl (C=O) groups excluding carboxylic acids is 1. The molecular formula is C19H27N5O. The second-order valence-electron chi connectivity index (χ2n) is 6.34. The summed E-state index contributed by atoms with van der Waals surface area (Å²) >= 11 is 0. The van der Waals surface area contributed by atoms with Crippen molar-refractivity contribution >= 4 is 11.6 Å². The Morgan fingerprint density at radius 3 is 2.48 bits per heavy atom. The third-order valence-corrected chi connectivity index (χ3v) is 3.97. The van der Waals surface area contributed by atoms with E-state index in [1.165, 1.54) is 5.56 Å². The minimum atomic E-state index is -0.121. The highest BCUT2D eigenvalue weighted by molar-refractivity contribution is 5.92. The zero-order chi connectivity index (χ0) is 18.1. The Morgan fingerprint density at radius 2 is 1.84 bits per heavy atom. The van der Waals surface area contributed by atoms with Gasteiger partial charge in [-0.15, -0.1) is 0 Å². The van der Waals surface area contributed by atoms with Crippen LogP contribution in [0.5, 0.6) is 0 Å². The molecule has 1 N–H and O–H groups in total. The number of carbonyl (C=O) groups is 1. The molecule has 0 aliphatic heterocycles. The fraction of sp³-hybridized carbons (Fsp3) is 0.421. The van der Waals surface area contributed by atoms with Gasteiger partial charge in [0.05, 0.1) is 11.9 Å². The lowest BCUT2D eigenvalue weighted by atomic mass is 10.2. The van der Waals surface area contributed by atoms with Gasteiger partial charge in [0.1, 0.15) is 5.69 Å². The molecule has 0 fully saturated rings. The molecule has 1 amide bonds. The van der Waals surface area contributed by atoms with Crippen molar-refractivity contribution in [2.24, 2.45) is 0 Å². The maximum atomic E-state index is 12.1. The van der Waals surface area contributed by atoms with Crippen LogP contribution in [0.15, 0.2) is 42.9 Å². The summed E-state index contributed by atoms with van der Waals surface area (Å²) in [4.78, 5) is 24.6. The van der Waals surface area contributed by atoms with Gasteiger partial charge in [-0.1, -0.05) is 0 Å². The largest absolute Gasteiger partial charge is 0.373 e. The van der Waals surface area contributed by atoms with E-state index >= 15 is 0 Å². The second kappa shape index (κ2) is 9.74. The summed E-state index contributed by atoms with van der Waals surface area (Å²) in [5.41, 5.74) is 2.71. The van der Waals surface area contributed by atoms with E-state index in [0.717, 1.165) is 31.6 Å². The van der Waals surface area contributed by atoms with Crippen LogP contribution in [-0.4, -0.2) is 61.6 Å². The van der Waals surface area contributed by atoms with Crippen molar-refractivity contribution < 1.29 is 4.79 Å². The number of hydrogen-bond acceptors (Lipinski definition) is 5. The molecule has 0 bridgehead atoms. The first kappa shape index (κ1) is 18.9. The van der Waals surface area contributed by atoms with Crippen molar-refractivity contribution in [1.82, 2.24) is 20.2 Å². The molecule has 25 heavy (non-hydrogen) atoms. The van der Waals surface area contributed by atoms with E-state index in [-0.39, 0.29) is 5.91 Å². The number of rotatable bonds is 9. The van der Waals surface area contributed by atoms with Crippen LogP contribution in [-0.2, 0) is 6.42 Å². The Bertz CT molecular complexity index is 643. The number of nitrogens with one attached hydrogen (secondary N) is 1. The molecule has 2 rings (SSSR count). The third-order valence-electron chi connectivity index (χ3n) is 3.97. The lowest BCUT2D eigenvalue weighted by molar-refractivity contribution is 0.0947. The quantitative estimate of drug-likeness (QED) is 0.705. The van der Waals surface area contributed by atoms with Crippen molar-refractivity contribution in [1.29, 1.82) is 0 Å². The first-order valence-electron chi connectivity index (χ1n) is 8.55. The molecule has 0 aliphatic carbocycles. The number of anilines is 1. The summed E-state index contributed by atoms with van der Waals surface area (Å²) in [5, 5.41) is 2.90. The minimum Gasteiger partial charge on any atom is -0.373 e. The van der Waals surface area contributed by atoms with Crippen molar-refractivity contribution in [3.8, 4) is 0 Å². The molecule has 0 unspecified atom stereocenters. The molecule has 6 heteroatoms. The second-order valence-corrected chi connectivity index (χ2v) is 6.34. The number of pyridine rings is 2. The van der Waals surface area contributed by atoms with E-state index in [4.69, 9.17) is 0 Å². The van der Waals surface area contributed by atoms with E-state index < -0.39 is 0 Å². The Hall–Kier alpha value is -2.47. The van der Waals surface area contributed by atoms with Gasteiger partial charge < -0.3 is 15.1 Å².